The van der Waals surface area contributed by atoms with Crippen LogP contribution in [0.4, 0.5) is 0 Å². The normalized spacial score (nSPS) is 20.5. The summed E-state index contributed by atoms with van der Waals surface area (Å²) in [4.78, 5) is 0. The molecule has 1 saturated heterocycles. The summed E-state index contributed by atoms with van der Waals surface area (Å²) in [7, 11) is 1.88. The number of rotatable bonds is 2. The summed E-state index contributed by atoms with van der Waals surface area (Å²) < 4.78 is 7.08. The number of hydrogen-bond acceptors (Lipinski definition) is 3. The number of aryl methyl sites for hydroxylation is 1. The number of aromatic nitrogens is 2. The van der Waals surface area contributed by atoms with Crippen LogP contribution in [-0.4, -0.2) is 23.0 Å². The number of halogens is 1. The maximum atomic E-state index is 6.22. The summed E-state index contributed by atoms with van der Waals surface area (Å²) >= 11 is 6.06. The highest BCUT2D eigenvalue weighted by Crippen LogP contribution is 2.31. The second kappa shape index (κ2) is 4.51. The Morgan fingerprint density at radius 1 is 1.60 bits per heavy atom. The van der Waals surface area contributed by atoms with Gasteiger partial charge < -0.3 is 10.5 Å². The van der Waals surface area contributed by atoms with Crippen LogP contribution in [0.5, 0.6) is 0 Å². The van der Waals surface area contributed by atoms with E-state index in [1.807, 2.05) is 7.05 Å². The van der Waals surface area contributed by atoms with Crippen molar-refractivity contribution in [3.63, 3.8) is 0 Å². The summed E-state index contributed by atoms with van der Waals surface area (Å²) in [6.45, 7) is 1.60. The lowest BCUT2D eigenvalue weighted by molar-refractivity contribution is 0.0575. The Morgan fingerprint density at radius 2 is 2.27 bits per heavy atom. The first-order valence-corrected chi connectivity index (χ1v) is 5.58. The zero-order chi connectivity index (χ0) is 10.8. The molecule has 0 aliphatic carbocycles. The van der Waals surface area contributed by atoms with E-state index in [9.17, 15) is 0 Å². The lowest BCUT2D eigenvalue weighted by Gasteiger charge is -2.27. The zero-order valence-corrected chi connectivity index (χ0v) is 9.57. The Kier molecular flexibility index (Phi) is 3.29. The first-order chi connectivity index (χ1) is 7.20. The lowest BCUT2D eigenvalue weighted by atomic mass is 9.90. The van der Waals surface area contributed by atoms with Gasteiger partial charge >= 0.3 is 0 Å². The van der Waals surface area contributed by atoms with Crippen molar-refractivity contribution in [3.8, 4) is 0 Å². The summed E-state index contributed by atoms with van der Waals surface area (Å²) in [5, 5.41) is 4.77. The van der Waals surface area contributed by atoms with Gasteiger partial charge in [0.1, 0.15) is 0 Å². The highest BCUT2D eigenvalue weighted by molar-refractivity contribution is 6.31. The zero-order valence-electron chi connectivity index (χ0n) is 8.82. The molecule has 1 aliphatic rings. The fraction of sp³-hybridized carbons (Fsp3) is 0.700. The highest BCUT2D eigenvalue weighted by Gasteiger charge is 2.26. The Bertz CT molecular complexity index is 314. The molecule has 0 spiro atoms. The SMILES string of the molecule is Cn1ncc(Cl)c1C(N)C1CCOCC1. The minimum Gasteiger partial charge on any atom is -0.381 e. The molecule has 0 radical (unpaired) electrons. The van der Waals surface area contributed by atoms with Crippen LogP contribution in [0.25, 0.3) is 0 Å². The maximum Gasteiger partial charge on any atom is 0.0834 e. The molecule has 2 heterocycles. The van der Waals surface area contributed by atoms with E-state index in [1.54, 1.807) is 10.9 Å². The van der Waals surface area contributed by atoms with Gasteiger partial charge in [0, 0.05) is 20.3 Å². The number of nitrogens with two attached hydrogens (primary N) is 1. The molecule has 15 heavy (non-hydrogen) atoms. The first kappa shape index (κ1) is 10.9. The fourth-order valence-electron chi connectivity index (χ4n) is 2.09. The summed E-state index contributed by atoms with van der Waals surface area (Å²) in [6.07, 6.45) is 3.65. The molecule has 4 nitrogen and oxygen atoms in total. The third-order valence-electron chi connectivity index (χ3n) is 3.03. The van der Waals surface area contributed by atoms with Crippen molar-refractivity contribution in [1.29, 1.82) is 0 Å². The smallest absolute Gasteiger partial charge is 0.0834 e. The molecular formula is C10H16ClN3O. The van der Waals surface area contributed by atoms with Crippen molar-refractivity contribution in [2.24, 2.45) is 18.7 Å². The fourth-order valence-corrected chi connectivity index (χ4v) is 2.39. The minimum absolute atomic E-state index is 0.0334. The summed E-state index contributed by atoms with van der Waals surface area (Å²) in [5.74, 6) is 0.451. The predicted octanol–water partition coefficient (Wildman–Crippen LogP) is 1.50. The molecular weight excluding hydrogens is 214 g/mol. The molecule has 0 amide bonds. The Hall–Kier alpha value is -0.580. The minimum atomic E-state index is -0.0334. The van der Waals surface area contributed by atoms with Gasteiger partial charge in [-0.1, -0.05) is 11.6 Å². The molecule has 1 aromatic heterocycles. The molecule has 0 bridgehead atoms. The van der Waals surface area contributed by atoms with E-state index in [2.05, 4.69) is 5.10 Å². The number of hydrogen-bond donors (Lipinski definition) is 1. The molecule has 84 valence electrons. The van der Waals surface area contributed by atoms with Gasteiger partial charge in [-0.2, -0.15) is 5.10 Å². The second-order valence-corrected chi connectivity index (χ2v) is 4.38. The molecule has 1 fully saturated rings. The summed E-state index contributed by atoms with van der Waals surface area (Å²) in [6, 6.07) is -0.0334. The Labute approximate surface area is 94.3 Å². The van der Waals surface area contributed by atoms with Crippen molar-refractivity contribution < 1.29 is 4.74 Å². The van der Waals surface area contributed by atoms with Crippen molar-refractivity contribution in [1.82, 2.24) is 9.78 Å². The third kappa shape index (κ3) is 2.17. The van der Waals surface area contributed by atoms with E-state index >= 15 is 0 Å². The van der Waals surface area contributed by atoms with Crippen molar-refractivity contribution >= 4 is 11.6 Å². The van der Waals surface area contributed by atoms with Crippen LogP contribution in [0, 0.1) is 5.92 Å². The molecule has 0 saturated carbocycles. The van der Waals surface area contributed by atoms with Crippen LogP contribution < -0.4 is 5.73 Å². The van der Waals surface area contributed by atoms with E-state index < -0.39 is 0 Å². The highest BCUT2D eigenvalue weighted by atomic mass is 35.5. The van der Waals surface area contributed by atoms with Crippen LogP contribution >= 0.6 is 11.6 Å². The van der Waals surface area contributed by atoms with Crippen LogP contribution in [0.3, 0.4) is 0 Å². The van der Waals surface area contributed by atoms with Gasteiger partial charge in [0.05, 0.1) is 23.0 Å². The molecule has 1 unspecified atom stereocenters. The molecule has 1 aromatic rings. The molecule has 2 rings (SSSR count). The van der Waals surface area contributed by atoms with Gasteiger partial charge in [-0.05, 0) is 18.8 Å². The average Bonchev–Trinajstić information content (AvgIpc) is 2.59. The van der Waals surface area contributed by atoms with Gasteiger partial charge in [-0.3, -0.25) is 4.68 Å². The molecule has 1 aliphatic heterocycles. The quantitative estimate of drug-likeness (QED) is 0.836. The molecule has 1 atom stereocenters. The van der Waals surface area contributed by atoms with E-state index in [0.29, 0.717) is 10.9 Å². The lowest BCUT2D eigenvalue weighted by Crippen LogP contribution is -2.29. The Balaban J connectivity index is 2.15. The van der Waals surface area contributed by atoms with Crippen LogP contribution in [0.1, 0.15) is 24.6 Å². The number of ether oxygens (including phenoxy) is 1. The van der Waals surface area contributed by atoms with Crippen molar-refractivity contribution in [3.05, 3.63) is 16.9 Å². The van der Waals surface area contributed by atoms with Gasteiger partial charge in [0.15, 0.2) is 0 Å². The average molecular weight is 230 g/mol. The van der Waals surface area contributed by atoms with E-state index in [-0.39, 0.29) is 6.04 Å². The molecule has 2 N–H and O–H groups in total. The topological polar surface area (TPSA) is 53.1 Å². The van der Waals surface area contributed by atoms with Crippen molar-refractivity contribution in [2.45, 2.75) is 18.9 Å². The van der Waals surface area contributed by atoms with Gasteiger partial charge in [-0.15, -0.1) is 0 Å². The second-order valence-electron chi connectivity index (χ2n) is 3.98. The third-order valence-corrected chi connectivity index (χ3v) is 3.32. The molecule has 5 heteroatoms. The van der Waals surface area contributed by atoms with Crippen LogP contribution in [-0.2, 0) is 11.8 Å². The maximum absolute atomic E-state index is 6.22. The predicted molar refractivity (Wildman–Crippen MR) is 58.7 cm³/mol. The first-order valence-electron chi connectivity index (χ1n) is 5.21. The standard InChI is InChI=1S/C10H16ClN3O/c1-14-10(8(11)6-13-14)9(12)7-2-4-15-5-3-7/h6-7,9H,2-5,12H2,1H3. The van der Waals surface area contributed by atoms with E-state index in [0.717, 1.165) is 31.7 Å². The van der Waals surface area contributed by atoms with Gasteiger partial charge in [0.2, 0.25) is 0 Å². The van der Waals surface area contributed by atoms with Gasteiger partial charge in [0.25, 0.3) is 0 Å². The largest absolute Gasteiger partial charge is 0.381 e. The number of nitrogens with zero attached hydrogens (tertiary/aromatic N) is 2. The monoisotopic (exact) mass is 229 g/mol. The Morgan fingerprint density at radius 3 is 2.80 bits per heavy atom. The van der Waals surface area contributed by atoms with E-state index in [4.69, 9.17) is 22.1 Å². The van der Waals surface area contributed by atoms with Crippen molar-refractivity contribution in [2.75, 3.05) is 13.2 Å². The van der Waals surface area contributed by atoms with Crippen LogP contribution in [0.15, 0.2) is 6.20 Å². The summed E-state index contributed by atoms with van der Waals surface area (Å²) in [5.41, 5.74) is 7.15. The van der Waals surface area contributed by atoms with Crippen LogP contribution in [0.2, 0.25) is 5.02 Å². The molecule has 0 aromatic carbocycles. The van der Waals surface area contributed by atoms with E-state index in [1.165, 1.54) is 0 Å². The van der Waals surface area contributed by atoms with Gasteiger partial charge in [-0.25, -0.2) is 0 Å².